The highest BCUT2D eigenvalue weighted by Crippen LogP contribution is 2.21. The monoisotopic (exact) mass is 304 g/mol. The number of Topliss-reactive ketones (excluding diaryl/α,β-unsaturated/α-hetero) is 1. The predicted octanol–water partition coefficient (Wildman–Crippen LogP) is 4.76. The highest BCUT2D eigenvalue weighted by atomic mass is 35.5. The Morgan fingerprint density at radius 2 is 1.67 bits per heavy atom. The molecule has 0 heterocycles. The average Bonchev–Trinajstić information content (AvgIpc) is 2.37. The van der Waals surface area contributed by atoms with E-state index in [1.807, 2.05) is 20.8 Å². The Hall–Kier alpha value is -1.67. The third-order valence-electron chi connectivity index (χ3n) is 3.62. The zero-order chi connectivity index (χ0) is 15.6. The molecule has 0 N–H and O–H groups in total. The van der Waals surface area contributed by atoms with Gasteiger partial charge < -0.3 is 0 Å². The van der Waals surface area contributed by atoms with Crippen LogP contribution >= 0.6 is 11.6 Å². The molecule has 21 heavy (non-hydrogen) atoms. The number of hydrogen-bond donors (Lipinski definition) is 0. The molecule has 0 unspecified atom stereocenters. The van der Waals surface area contributed by atoms with Crippen molar-refractivity contribution in [2.24, 2.45) is 0 Å². The summed E-state index contributed by atoms with van der Waals surface area (Å²) in [5, 5.41) is 0.306. The minimum atomic E-state index is -0.388. The smallest absolute Gasteiger partial charge is 0.141 e. The number of halogens is 2. The van der Waals surface area contributed by atoms with Crippen molar-refractivity contribution < 1.29 is 9.18 Å². The van der Waals surface area contributed by atoms with Gasteiger partial charge >= 0.3 is 0 Å². The van der Waals surface area contributed by atoms with E-state index in [2.05, 4.69) is 12.1 Å². The molecule has 0 saturated heterocycles. The summed E-state index contributed by atoms with van der Waals surface area (Å²) in [4.78, 5) is 12.3. The van der Waals surface area contributed by atoms with Gasteiger partial charge in [0.15, 0.2) is 0 Å². The quantitative estimate of drug-likeness (QED) is 0.796. The van der Waals surface area contributed by atoms with Gasteiger partial charge in [0.2, 0.25) is 0 Å². The molecule has 0 atom stereocenters. The van der Waals surface area contributed by atoms with Gasteiger partial charge in [-0.1, -0.05) is 35.4 Å². The molecule has 0 amide bonds. The summed E-state index contributed by atoms with van der Waals surface area (Å²) in [6.07, 6.45) is 0.609. The number of hydrogen-bond acceptors (Lipinski definition) is 1. The number of benzene rings is 2. The van der Waals surface area contributed by atoms with Gasteiger partial charge in [-0.25, -0.2) is 4.39 Å². The van der Waals surface area contributed by atoms with E-state index in [0.717, 1.165) is 16.7 Å². The molecule has 0 saturated carbocycles. The molecular weight excluding hydrogens is 287 g/mol. The van der Waals surface area contributed by atoms with Crippen molar-refractivity contribution >= 4 is 17.4 Å². The lowest BCUT2D eigenvalue weighted by molar-refractivity contribution is -0.117. The molecule has 0 aromatic heterocycles. The summed E-state index contributed by atoms with van der Waals surface area (Å²) in [7, 11) is 0. The minimum absolute atomic E-state index is 0.0820. The van der Waals surface area contributed by atoms with Crippen LogP contribution in [0.15, 0.2) is 30.3 Å². The maximum Gasteiger partial charge on any atom is 0.141 e. The Labute approximate surface area is 129 Å². The second-order valence-corrected chi connectivity index (χ2v) is 5.91. The van der Waals surface area contributed by atoms with Gasteiger partial charge in [0.05, 0.1) is 0 Å². The van der Waals surface area contributed by atoms with Crippen LogP contribution in [0.1, 0.15) is 27.8 Å². The summed E-state index contributed by atoms with van der Waals surface area (Å²) in [6.45, 7) is 6.09. The third-order valence-corrected chi connectivity index (χ3v) is 3.97. The fourth-order valence-corrected chi connectivity index (χ4v) is 2.86. The van der Waals surface area contributed by atoms with Gasteiger partial charge in [0.25, 0.3) is 0 Å². The van der Waals surface area contributed by atoms with E-state index in [0.29, 0.717) is 17.0 Å². The van der Waals surface area contributed by atoms with Gasteiger partial charge in [-0.2, -0.15) is 0 Å². The average molecular weight is 305 g/mol. The first-order valence-electron chi connectivity index (χ1n) is 6.89. The SMILES string of the molecule is Cc1cc(C)c(CC(=O)Cc2ccc(F)cc2Cl)c(C)c1. The van der Waals surface area contributed by atoms with E-state index < -0.39 is 0 Å². The van der Waals surface area contributed by atoms with E-state index in [1.165, 1.54) is 17.7 Å². The predicted molar refractivity (Wildman–Crippen MR) is 84.5 cm³/mol. The number of carbonyl (C=O) groups excluding carboxylic acids is 1. The van der Waals surface area contributed by atoms with Gasteiger partial charge in [-0.15, -0.1) is 0 Å². The molecule has 2 rings (SSSR count). The zero-order valence-corrected chi connectivity index (χ0v) is 13.2. The Morgan fingerprint density at radius 1 is 1.05 bits per heavy atom. The van der Waals surface area contributed by atoms with Crippen LogP contribution in [-0.4, -0.2) is 5.78 Å². The van der Waals surface area contributed by atoms with E-state index in [4.69, 9.17) is 11.6 Å². The number of ketones is 1. The highest BCUT2D eigenvalue weighted by molar-refractivity contribution is 6.31. The first-order chi connectivity index (χ1) is 9.86. The minimum Gasteiger partial charge on any atom is -0.299 e. The normalized spacial score (nSPS) is 10.7. The first kappa shape index (κ1) is 15.7. The lowest BCUT2D eigenvalue weighted by atomic mass is 9.94. The van der Waals surface area contributed by atoms with Gasteiger partial charge in [-0.05, 0) is 55.2 Å². The van der Waals surface area contributed by atoms with Crippen molar-refractivity contribution in [2.75, 3.05) is 0 Å². The van der Waals surface area contributed by atoms with Crippen LogP contribution in [0.3, 0.4) is 0 Å². The molecule has 0 fully saturated rings. The second-order valence-electron chi connectivity index (χ2n) is 5.51. The van der Waals surface area contributed by atoms with Crippen molar-refractivity contribution in [3.8, 4) is 0 Å². The molecular formula is C18H18ClFO. The molecule has 0 aliphatic rings. The van der Waals surface area contributed by atoms with Crippen molar-refractivity contribution in [1.29, 1.82) is 0 Å². The Morgan fingerprint density at radius 3 is 2.24 bits per heavy atom. The van der Waals surface area contributed by atoms with Crippen LogP contribution < -0.4 is 0 Å². The summed E-state index contributed by atoms with van der Waals surface area (Å²) in [6, 6.07) is 8.31. The lowest BCUT2D eigenvalue weighted by Crippen LogP contribution is -2.09. The van der Waals surface area contributed by atoms with E-state index in [9.17, 15) is 9.18 Å². The first-order valence-corrected chi connectivity index (χ1v) is 7.27. The largest absolute Gasteiger partial charge is 0.299 e. The standard InChI is InChI=1S/C18H18ClFO/c1-11-6-12(2)17(13(3)7-11)10-16(21)8-14-4-5-15(20)9-18(14)19/h4-7,9H,8,10H2,1-3H3. The van der Waals surface area contributed by atoms with Gasteiger partial charge in [0.1, 0.15) is 11.6 Å². The lowest BCUT2D eigenvalue weighted by Gasteiger charge is -2.11. The summed E-state index contributed by atoms with van der Waals surface area (Å²) < 4.78 is 13.0. The summed E-state index contributed by atoms with van der Waals surface area (Å²) >= 11 is 5.97. The van der Waals surface area contributed by atoms with Crippen LogP contribution in [0.4, 0.5) is 4.39 Å². The Balaban J connectivity index is 2.16. The van der Waals surface area contributed by atoms with Crippen LogP contribution in [0.25, 0.3) is 0 Å². The number of rotatable bonds is 4. The van der Waals surface area contributed by atoms with E-state index in [-0.39, 0.29) is 18.0 Å². The molecule has 110 valence electrons. The molecule has 2 aromatic rings. The Kier molecular flexibility index (Phi) is 4.79. The molecule has 0 aliphatic carbocycles. The fourth-order valence-electron chi connectivity index (χ4n) is 2.63. The van der Waals surface area contributed by atoms with Gasteiger partial charge in [0, 0.05) is 17.9 Å². The van der Waals surface area contributed by atoms with Crippen LogP contribution in [-0.2, 0) is 17.6 Å². The van der Waals surface area contributed by atoms with Crippen molar-refractivity contribution in [3.63, 3.8) is 0 Å². The van der Waals surface area contributed by atoms with Crippen LogP contribution in [0, 0.1) is 26.6 Å². The zero-order valence-electron chi connectivity index (χ0n) is 12.5. The molecule has 0 aliphatic heterocycles. The molecule has 3 heteroatoms. The second kappa shape index (κ2) is 6.40. The van der Waals surface area contributed by atoms with E-state index >= 15 is 0 Å². The summed E-state index contributed by atoms with van der Waals surface area (Å²) in [5.41, 5.74) is 5.20. The molecule has 0 bridgehead atoms. The van der Waals surface area contributed by atoms with Crippen molar-refractivity contribution in [2.45, 2.75) is 33.6 Å². The molecule has 2 aromatic carbocycles. The third kappa shape index (κ3) is 3.92. The maximum atomic E-state index is 13.0. The maximum absolute atomic E-state index is 13.0. The van der Waals surface area contributed by atoms with Gasteiger partial charge in [-0.3, -0.25) is 4.79 Å². The van der Waals surface area contributed by atoms with Crippen molar-refractivity contribution in [3.05, 3.63) is 69.0 Å². The molecule has 0 radical (unpaired) electrons. The van der Waals surface area contributed by atoms with E-state index in [1.54, 1.807) is 6.07 Å². The number of aryl methyl sites for hydroxylation is 3. The summed E-state index contributed by atoms with van der Waals surface area (Å²) in [5.74, 6) is -0.306. The number of carbonyl (C=O) groups is 1. The molecule has 0 spiro atoms. The fraction of sp³-hybridized carbons (Fsp3) is 0.278. The van der Waals surface area contributed by atoms with Crippen LogP contribution in [0.5, 0.6) is 0 Å². The highest BCUT2D eigenvalue weighted by Gasteiger charge is 2.12. The topological polar surface area (TPSA) is 17.1 Å². The molecule has 1 nitrogen and oxygen atoms in total. The van der Waals surface area contributed by atoms with Crippen LogP contribution in [0.2, 0.25) is 5.02 Å². The Bertz CT molecular complexity index is 669. The van der Waals surface area contributed by atoms with Crippen molar-refractivity contribution in [1.82, 2.24) is 0 Å².